The smallest absolute Gasteiger partial charge is 0.255 e. The van der Waals surface area contributed by atoms with Crippen molar-refractivity contribution in [2.75, 3.05) is 32.7 Å². The minimum atomic E-state index is -0.445. The first kappa shape index (κ1) is 22.0. The molecule has 1 N–H and O–H groups in total. The van der Waals surface area contributed by atoms with Gasteiger partial charge >= 0.3 is 0 Å². The van der Waals surface area contributed by atoms with Gasteiger partial charge in [0.2, 0.25) is 0 Å². The van der Waals surface area contributed by atoms with Crippen LogP contribution in [0.25, 0.3) is 0 Å². The van der Waals surface area contributed by atoms with Gasteiger partial charge in [-0.3, -0.25) is 14.4 Å². The minimum Gasteiger partial charge on any atom is -0.497 e. The van der Waals surface area contributed by atoms with E-state index in [1.165, 1.54) is 23.8 Å². The minimum absolute atomic E-state index is 0.153. The second-order valence-corrected chi connectivity index (χ2v) is 7.95. The zero-order valence-corrected chi connectivity index (χ0v) is 18.2. The molecule has 2 atom stereocenters. The number of hydrogen-bond donors (Lipinski definition) is 1. The van der Waals surface area contributed by atoms with Crippen LogP contribution >= 0.6 is 0 Å². The zero-order valence-electron chi connectivity index (χ0n) is 18.2. The maximum absolute atomic E-state index is 13.4. The number of carbonyl (C=O) groups is 1. The molecule has 1 aliphatic heterocycles. The molecule has 0 bridgehead atoms. The van der Waals surface area contributed by atoms with Crippen LogP contribution in [0.1, 0.15) is 28.4 Å². The Hall–Kier alpha value is -3.23. The van der Waals surface area contributed by atoms with Crippen LogP contribution in [-0.4, -0.2) is 54.0 Å². The van der Waals surface area contributed by atoms with Crippen molar-refractivity contribution in [3.05, 3.63) is 77.9 Å². The molecular formula is C24H27FN4O3. The third-order valence-electron chi connectivity index (χ3n) is 5.70. The number of ether oxygens (including phenoxy) is 2. The van der Waals surface area contributed by atoms with Crippen molar-refractivity contribution in [2.24, 2.45) is 0 Å². The van der Waals surface area contributed by atoms with Crippen LogP contribution < -0.4 is 10.1 Å². The Bertz CT molecular complexity index is 1070. The van der Waals surface area contributed by atoms with Gasteiger partial charge in [0, 0.05) is 38.0 Å². The van der Waals surface area contributed by atoms with Crippen molar-refractivity contribution in [1.82, 2.24) is 14.7 Å². The molecule has 0 unspecified atom stereocenters. The Labute approximate surface area is 186 Å². The highest BCUT2D eigenvalue weighted by molar-refractivity contribution is 6.04. The number of amides is 1. The van der Waals surface area contributed by atoms with E-state index in [-0.39, 0.29) is 23.6 Å². The van der Waals surface area contributed by atoms with E-state index in [2.05, 4.69) is 21.4 Å². The lowest BCUT2D eigenvalue weighted by molar-refractivity contribution is 0.102. The quantitative estimate of drug-likeness (QED) is 0.580. The van der Waals surface area contributed by atoms with Gasteiger partial charge in [0.15, 0.2) is 0 Å². The molecule has 32 heavy (non-hydrogen) atoms. The average Bonchev–Trinajstić information content (AvgIpc) is 3.41. The summed E-state index contributed by atoms with van der Waals surface area (Å²) in [5.74, 6) is 0.0271. The Morgan fingerprint density at radius 2 is 2.06 bits per heavy atom. The predicted molar refractivity (Wildman–Crippen MR) is 119 cm³/mol. The lowest BCUT2D eigenvalue weighted by atomic mass is 10.1. The number of methoxy groups -OCH3 is 2. The summed E-state index contributed by atoms with van der Waals surface area (Å²) >= 11 is 0. The molecule has 1 fully saturated rings. The highest BCUT2D eigenvalue weighted by atomic mass is 19.1. The van der Waals surface area contributed by atoms with Crippen molar-refractivity contribution in [1.29, 1.82) is 0 Å². The molecule has 0 spiro atoms. The summed E-state index contributed by atoms with van der Waals surface area (Å²) in [6.45, 7) is 2.22. The third kappa shape index (κ3) is 5.15. The average molecular weight is 439 g/mol. The molecule has 0 aliphatic carbocycles. The second-order valence-electron chi connectivity index (χ2n) is 7.95. The summed E-state index contributed by atoms with van der Waals surface area (Å²) in [5.41, 5.74) is 2.02. The van der Waals surface area contributed by atoms with E-state index >= 15 is 0 Å². The van der Waals surface area contributed by atoms with E-state index in [1.807, 2.05) is 29.1 Å². The number of halogens is 1. The maximum Gasteiger partial charge on any atom is 0.255 e. The van der Waals surface area contributed by atoms with Gasteiger partial charge in [-0.15, -0.1) is 0 Å². The molecule has 1 saturated heterocycles. The summed E-state index contributed by atoms with van der Waals surface area (Å²) in [5, 5.41) is 7.25. The van der Waals surface area contributed by atoms with E-state index in [1.54, 1.807) is 26.5 Å². The van der Waals surface area contributed by atoms with Crippen LogP contribution in [0.3, 0.4) is 0 Å². The standard InChI is InChI=1S/C24H27FN4O3/c1-31-16-22-11-21(15-28(22)13-17-5-3-8-23(9-17)32-2)29-14-20(12-26-29)27-24(30)18-6-4-7-19(25)10-18/h3-10,12,14,21-22H,11,13,15-16H2,1-2H3,(H,27,30)/t21-,22-/m0/s1. The van der Waals surface area contributed by atoms with E-state index in [4.69, 9.17) is 9.47 Å². The molecule has 8 heteroatoms. The number of hydrogen-bond acceptors (Lipinski definition) is 5. The van der Waals surface area contributed by atoms with Gasteiger partial charge in [-0.25, -0.2) is 4.39 Å². The molecule has 1 aromatic heterocycles. The Kier molecular flexibility index (Phi) is 6.82. The summed E-state index contributed by atoms with van der Waals surface area (Å²) in [6.07, 6.45) is 4.32. The van der Waals surface area contributed by atoms with E-state index < -0.39 is 5.82 Å². The third-order valence-corrected chi connectivity index (χ3v) is 5.70. The van der Waals surface area contributed by atoms with Crippen LogP contribution in [0.5, 0.6) is 5.75 Å². The normalized spacial score (nSPS) is 18.6. The van der Waals surface area contributed by atoms with Crippen molar-refractivity contribution < 1.29 is 18.7 Å². The number of nitrogens with one attached hydrogen (secondary N) is 1. The number of aromatic nitrogens is 2. The van der Waals surface area contributed by atoms with Gasteiger partial charge in [-0.2, -0.15) is 5.10 Å². The van der Waals surface area contributed by atoms with Gasteiger partial charge in [0.1, 0.15) is 11.6 Å². The number of anilines is 1. The Morgan fingerprint density at radius 3 is 2.84 bits per heavy atom. The van der Waals surface area contributed by atoms with Gasteiger partial charge in [0.25, 0.3) is 5.91 Å². The second kappa shape index (κ2) is 9.93. The topological polar surface area (TPSA) is 68.6 Å². The number of benzene rings is 2. The monoisotopic (exact) mass is 438 g/mol. The molecule has 4 rings (SSSR count). The van der Waals surface area contributed by atoms with Crippen LogP contribution in [0, 0.1) is 5.82 Å². The van der Waals surface area contributed by atoms with Crippen molar-refractivity contribution in [3.8, 4) is 5.75 Å². The molecule has 2 aromatic carbocycles. The number of carbonyl (C=O) groups excluding carboxylic acids is 1. The first-order chi connectivity index (χ1) is 15.6. The lowest BCUT2D eigenvalue weighted by Gasteiger charge is -2.23. The summed E-state index contributed by atoms with van der Waals surface area (Å²) in [6, 6.07) is 14.1. The summed E-state index contributed by atoms with van der Waals surface area (Å²) in [7, 11) is 3.38. The summed E-state index contributed by atoms with van der Waals surface area (Å²) < 4.78 is 26.1. The van der Waals surface area contributed by atoms with Gasteiger partial charge in [-0.1, -0.05) is 18.2 Å². The van der Waals surface area contributed by atoms with Crippen LogP contribution in [0.4, 0.5) is 10.1 Å². The van der Waals surface area contributed by atoms with E-state index in [0.717, 1.165) is 25.3 Å². The van der Waals surface area contributed by atoms with Gasteiger partial charge in [0.05, 0.1) is 31.6 Å². The Morgan fingerprint density at radius 1 is 1.22 bits per heavy atom. The van der Waals surface area contributed by atoms with Crippen molar-refractivity contribution in [3.63, 3.8) is 0 Å². The summed E-state index contributed by atoms with van der Waals surface area (Å²) in [4.78, 5) is 14.8. The van der Waals surface area contributed by atoms with E-state index in [9.17, 15) is 9.18 Å². The number of rotatable bonds is 8. The SMILES string of the molecule is COC[C@@H]1C[C@H](n2cc(NC(=O)c3cccc(F)c3)cn2)CN1Cc1cccc(OC)c1. The fourth-order valence-electron chi connectivity index (χ4n) is 4.15. The molecular weight excluding hydrogens is 411 g/mol. The molecule has 7 nitrogen and oxygen atoms in total. The number of nitrogens with zero attached hydrogens (tertiary/aromatic N) is 3. The maximum atomic E-state index is 13.4. The van der Waals surface area contributed by atoms with E-state index in [0.29, 0.717) is 12.3 Å². The first-order valence-corrected chi connectivity index (χ1v) is 10.5. The van der Waals surface area contributed by atoms with Crippen molar-refractivity contribution in [2.45, 2.75) is 25.0 Å². The predicted octanol–water partition coefficient (Wildman–Crippen LogP) is 3.75. The van der Waals surface area contributed by atoms with Crippen LogP contribution in [0.2, 0.25) is 0 Å². The molecule has 168 valence electrons. The van der Waals surface area contributed by atoms with Gasteiger partial charge in [-0.05, 0) is 42.3 Å². The molecule has 2 heterocycles. The van der Waals surface area contributed by atoms with Crippen molar-refractivity contribution >= 4 is 11.6 Å². The largest absolute Gasteiger partial charge is 0.497 e. The fourth-order valence-corrected chi connectivity index (χ4v) is 4.15. The van der Waals surface area contributed by atoms with Crippen LogP contribution in [0.15, 0.2) is 60.9 Å². The van der Waals surface area contributed by atoms with Gasteiger partial charge < -0.3 is 14.8 Å². The molecule has 3 aromatic rings. The zero-order chi connectivity index (χ0) is 22.5. The molecule has 1 aliphatic rings. The number of likely N-dealkylation sites (tertiary alicyclic amines) is 1. The Balaban J connectivity index is 1.43. The molecule has 1 amide bonds. The molecule has 0 radical (unpaired) electrons. The highest BCUT2D eigenvalue weighted by Crippen LogP contribution is 2.30. The highest BCUT2D eigenvalue weighted by Gasteiger charge is 2.33. The lowest BCUT2D eigenvalue weighted by Crippen LogP contribution is -2.32. The van der Waals surface area contributed by atoms with Crippen LogP contribution in [-0.2, 0) is 11.3 Å². The fraction of sp³-hybridized carbons (Fsp3) is 0.333. The first-order valence-electron chi connectivity index (χ1n) is 10.5. The molecule has 0 saturated carbocycles.